The van der Waals surface area contributed by atoms with Gasteiger partial charge in [0.05, 0.1) is 6.10 Å². The molecule has 2 rings (SSSR count). The number of hydrogen-bond donors (Lipinski definition) is 1. The molecule has 20 heavy (non-hydrogen) atoms. The molecular formula is C16H33N3O. The van der Waals surface area contributed by atoms with Crippen molar-refractivity contribution in [3.8, 4) is 0 Å². The van der Waals surface area contributed by atoms with Crippen molar-refractivity contribution in [1.82, 2.24) is 9.80 Å². The molecule has 2 aliphatic rings. The second kappa shape index (κ2) is 8.32. The lowest BCUT2D eigenvalue weighted by Crippen LogP contribution is -2.49. The number of rotatable bonds is 6. The maximum absolute atomic E-state index is 5.89. The number of hydrogen-bond acceptors (Lipinski definition) is 4. The molecule has 4 nitrogen and oxygen atoms in total. The molecule has 2 fully saturated rings. The van der Waals surface area contributed by atoms with E-state index in [4.69, 9.17) is 10.5 Å². The highest BCUT2D eigenvalue weighted by atomic mass is 16.5. The van der Waals surface area contributed by atoms with Crippen LogP contribution >= 0.6 is 0 Å². The molecule has 4 heteroatoms. The van der Waals surface area contributed by atoms with Gasteiger partial charge < -0.3 is 20.3 Å². The van der Waals surface area contributed by atoms with Crippen molar-refractivity contribution in [1.29, 1.82) is 0 Å². The van der Waals surface area contributed by atoms with Gasteiger partial charge in [0.15, 0.2) is 0 Å². The molecule has 0 bridgehead atoms. The van der Waals surface area contributed by atoms with Gasteiger partial charge in [0, 0.05) is 31.8 Å². The zero-order chi connectivity index (χ0) is 14.4. The van der Waals surface area contributed by atoms with Crippen LogP contribution in [0.5, 0.6) is 0 Å². The molecule has 2 saturated heterocycles. The minimum Gasteiger partial charge on any atom is -0.378 e. The van der Waals surface area contributed by atoms with Gasteiger partial charge in [-0.1, -0.05) is 0 Å². The van der Waals surface area contributed by atoms with E-state index < -0.39 is 0 Å². The zero-order valence-corrected chi connectivity index (χ0v) is 13.4. The van der Waals surface area contributed by atoms with Crippen LogP contribution < -0.4 is 5.73 Å². The molecule has 0 saturated carbocycles. The minimum absolute atomic E-state index is 0.480. The van der Waals surface area contributed by atoms with E-state index in [2.05, 4.69) is 23.6 Å². The maximum atomic E-state index is 5.89. The smallest absolute Gasteiger partial charge is 0.0599 e. The van der Waals surface area contributed by atoms with Gasteiger partial charge in [-0.15, -0.1) is 0 Å². The Balaban J connectivity index is 1.64. The van der Waals surface area contributed by atoms with Gasteiger partial charge in [-0.05, 0) is 65.6 Å². The third-order valence-corrected chi connectivity index (χ3v) is 4.92. The molecule has 0 spiro atoms. The normalized spacial score (nSPS) is 24.6. The molecule has 118 valence electrons. The lowest BCUT2D eigenvalue weighted by molar-refractivity contribution is -0.0112. The summed E-state index contributed by atoms with van der Waals surface area (Å²) in [6.45, 7) is 11.2. The fraction of sp³-hybridized carbons (Fsp3) is 1.00. The average molecular weight is 283 g/mol. The van der Waals surface area contributed by atoms with Gasteiger partial charge in [-0.25, -0.2) is 0 Å². The van der Waals surface area contributed by atoms with E-state index in [1.54, 1.807) is 0 Å². The van der Waals surface area contributed by atoms with Crippen LogP contribution in [0.3, 0.4) is 0 Å². The molecule has 2 N–H and O–H groups in total. The van der Waals surface area contributed by atoms with Gasteiger partial charge in [-0.3, -0.25) is 0 Å². The Kier molecular flexibility index (Phi) is 6.75. The lowest BCUT2D eigenvalue weighted by Gasteiger charge is -2.42. The molecule has 0 amide bonds. The summed E-state index contributed by atoms with van der Waals surface area (Å²) in [5, 5.41) is 0. The highest BCUT2D eigenvalue weighted by Gasteiger charge is 2.28. The highest BCUT2D eigenvalue weighted by molar-refractivity contribution is 4.84. The van der Waals surface area contributed by atoms with Crippen LogP contribution in [0.1, 0.15) is 46.0 Å². The van der Waals surface area contributed by atoms with Crippen molar-refractivity contribution >= 4 is 0 Å². The topological polar surface area (TPSA) is 41.7 Å². The molecule has 0 atom stereocenters. The van der Waals surface area contributed by atoms with Crippen molar-refractivity contribution in [2.45, 2.75) is 64.1 Å². The Labute approximate surface area is 124 Å². The Bertz CT molecular complexity index is 256. The predicted octanol–water partition coefficient (Wildman–Crippen LogP) is 1.69. The summed E-state index contributed by atoms with van der Waals surface area (Å²) < 4.78 is 5.89. The Morgan fingerprint density at radius 3 is 2.25 bits per heavy atom. The summed E-state index contributed by atoms with van der Waals surface area (Å²) in [7, 11) is 0. The van der Waals surface area contributed by atoms with Gasteiger partial charge in [0.2, 0.25) is 0 Å². The van der Waals surface area contributed by atoms with Crippen molar-refractivity contribution < 1.29 is 4.74 Å². The minimum atomic E-state index is 0.480. The van der Waals surface area contributed by atoms with Crippen LogP contribution in [0.15, 0.2) is 0 Å². The number of piperidine rings is 2. The van der Waals surface area contributed by atoms with Crippen LogP contribution in [0.2, 0.25) is 0 Å². The van der Waals surface area contributed by atoms with Gasteiger partial charge >= 0.3 is 0 Å². The fourth-order valence-corrected chi connectivity index (χ4v) is 3.51. The monoisotopic (exact) mass is 283 g/mol. The van der Waals surface area contributed by atoms with Crippen molar-refractivity contribution in [3.63, 3.8) is 0 Å². The number of nitrogens with two attached hydrogens (primary N) is 1. The SMILES string of the molecule is CC(C)N1CCC(N2CCC(OCCCN)CC2)CC1. The average Bonchev–Trinajstić information content (AvgIpc) is 2.48. The maximum Gasteiger partial charge on any atom is 0.0599 e. The Hall–Kier alpha value is -0.160. The Morgan fingerprint density at radius 2 is 1.70 bits per heavy atom. The second-order valence-corrected chi connectivity index (χ2v) is 6.61. The second-order valence-electron chi connectivity index (χ2n) is 6.61. The molecule has 0 radical (unpaired) electrons. The third kappa shape index (κ3) is 4.69. The first-order valence-corrected chi connectivity index (χ1v) is 8.50. The molecule has 0 aliphatic carbocycles. The molecule has 0 aromatic rings. The van der Waals surface area contributed by atoms with E-state index in [0.29, 0.717) is 12.1 Å². The zero-order valence-electron chi connectivity index (χ0n) is 13.4. The summed E-state index contributed by atoms with van der Waals surface area (Å²) in [6.07, 6.45) is 6.57. The molecule has 0 aromatic heterocycles. The molecule has 0 aromatic carbocycles. The predicted molar refractivity (Wildman–Crippen MR) is 83.9 cm³/mol. The molecule has 0 unspecified atom stereocenters. The van der Waals surface area contributed by atoms with Crippen molar-refractivity contribution in [3.05, 3.63) is 0 Å². The standard InChI is InChI=1S/C16H33N3O/c1-14(2)18-9-4-15(5-10-18)19-11-6-16(7-12-19)20-13-3-8-17/h14-16H,3-13,17H2,1-2H3. The quantitative estimate of drug-likeness (QED) is 0.753. The summed E-state index contributed by atoms with van der Waals surface area (Å²) >= 11 is 0. The summed E-state index contributed by atoms with van der Waals surface area (Å²) in [5.74, 6) is 0. The molecular weight excluding hydrogens is 250 g/mol. The Morgan fingerprint density at radius 1 is 1.05 bits per heavy atom. The largest absolute Gasteiger partial charge is 0.378 e. The van der Waals surface area contributed by atoms with E-state index >= 15 is 0 Å². The van der Waals surface area contributed by atoms with Crippen molar-refractivity contribution in [2.24, 2.45) is 5.73 Å². The van der Waals surface area contributed by atoms with Crippen LogP contribution in [0.25, 0.3) is 0 Å². The number of nitrogens with zero attached hydrogens (tertiary/aromatic N) is 2. The summed E-state index contributed by atoms with van der Waals surface area (Å²) in [5.41, 5.74) is 5.50. The van der Waals surface area contributed by atoms with Crippen LogP contribution in [0.4, 0.5) is 0 Å². The van der Waals surface area contributed by atoms with E-state index in [0.717, 1.165) is 25.6 Å². The van der Waals surface area contributed by atoms with Crippen LogP contribution in [0, 0.1) is 0 Å². The summed E-state index contributed by atoms with van der Waals surface area (Å²) in [6, 6.07) is 1.52. The van der Waals surface area contributed by atoms with E-state index in [1.807, 2.05) is 0 Å². The first-order valence-electron chi connectivity index (χ1n) is 8.50. The fourth-order valence-electron chi connectivity index (χ4n) is 3.51. The van der Waals surface area contributed by atoms with Crippen LogP contribution in [-0.4, -0.2) is 67.3 Å². The summed E-state index contributed by atoms with van der Waals surface area (Å²) in [4.78, 5) is 5.32. The van der Waals surface area contributed by atoms with Crippen LogP contribution in [-0.2, 0) is 4.74 Å². The van der Waals surface area contributed by atoms with Gasteiger partial charge in [0.25, 0.3) is 0 Å². The molecule has 2 aliphatic heterocycles. The first kappa shape index (κ1) is 16.2. The third-order valence-electron chi connectivity index (χ3n) is 4.92. The van der Waals surface area contributed by atoms with E-state index in [9.17, 15) is 0 Å². The highest BCUT2D eigenvalue weighted by Crippen LogP contribution is 2.23. The lowest BCUT2D eigenvalue weighted by atomic mass is 9.98. The van der Waals surface area contributed by atoms with Crippen molar-refractivity contribution in [2.75, 3.05) is 39.3 Å². The number of ether oxygens (including phenoxy) is 1. The number of likely N-dealkylation sites (tertiary alicyclic amines) is 2. The first-order chi connectivity index (χ1) is 9.70. The molecule has 2 heterocycles. The van der Waals surface area contributed by atoms with E-state index in [1.165, 1.54) is 51.9 Å². The van der Waals surface area contributed by atoms with Gasteiger partial charge in [-0.2, -0.15) is 0 Å². The van der Waals surface area contributed by atoms with Gasteiger partial charge in [0.1, 0.15) is 0 Å². The van der Waals surface area contributed by atoms with E-state index in [-0.39, 0.29) is 0 Å².